The Morgan fingerprint density at radius 1 is 0.476 bits per heavy atom. The largest absolute Gasteiger partial charge is 0.0622 e. The van der Waals surface area contributed by atoms with E-state index in [1.807, 2.05) is 12.1 Å². The molecule has 104 valence electrons. The van der Waals surface area contributed by atoms with Crippen LogP contribution >= 0.6 is 47.8 Å². The van der Waals surface area contributed by atoms with Crippen LogP contribution in [-0.2, 0) is 0 Å². The van der Waals surface area contributed by atoms with Gasteiger partial charge in [0.15, 0.2) is 0 Å². The molecule has 0 bridgehead atoms. The molecule has 0 heterocycles. The van der Waals surface area contributed by atoms with E-state index in [1.54, 1.807) is 0 Å². The van der Waals surface area contributed by atoms with Crippen molar-refractivity contribution < 1.29 is 0 Å². The fraction of sp³-hybridized carbons (Fsp3) is 0. The molecule has 0 radical (unpaired) electrons. The van der Waals surface area contributed by atoms with Crippen LogP contribution in [0.2, 0.25) is 0 Å². The topological polar surface area (TPSA) is 0 Å². The number of halogens is 3. The number of hydrogen-bond donors (Lipinski definition) is 0. The highest BCUT2D eigenvalue weighted by molar-refractivity contribution is 9.11. The maximum atomic E-state index is 3.71. The van der Waals surface area contributed by atoms with E-state index < -0.39 is 0 Å². The highest BCUT2D eigenvalue weighted by Crippen LogP contribution is 2.44. The van der Waals surface area contributed by atoms with Crippen molar-refractivity contribution in [3.63, 3.8) is 0 Å². The fourth-order valence-corrected chi connectivity index (χ4v) is 4.33. The van der Waals surface area contributed by atoms with Crippen molar-refractivity contribution in [3.05, 3.63) is 80.1 Å². The predicted octanol–water partition coefficient (Wildman–Crippen LogP) is 7.31. The Hall–Kier alpha value is -0.900. The van der Waals surface area contributed by atoms with Gasteiger partial charge in [0.2, 0.25) is 0 Å². The van der Waals surface area contributed by atoms with E-state index in [0.29, 0.717) is 0 Å². The molecule has 3 heteroatoms. The standard InChI is InChI=1S/C18H11Br3/c19-14-9-4-8-13(12-6-2-1-3-7-12)17(14)18-15(20)10-5-11-16(18)21/h1-11H. The zero-order chi connectivity index (χ0) is 14.8. The summed E-state index contributed by atoms with van der Waals surface area (Å²) in [6.45, 7) is 0. The van der Waals surface area contributed by atoms with E-state index in [4.69, 9.17) is 0 Å². The maximum absolute atomic E-state index is 3.71. The van der Waals surface area contributed by atoms with Crippen molar-refractivity contribution in [1.82, 2.24) is 0 Å². The zero-order valence-electron chi connectivity index (χ0n) is 11.0. The summed E-state index contributed by atoms with van der Waals surface area (Å²) in [5.41, 5.74) is 4.75. The summed E-state index contributed by atoms with van der Waals surface area (Å²) >= 11 is 11.1. The lowest BCUT2D eigenvalue weighted by atomic mass is 9.95. The molecule has 0 amide bonds. The van der Waals surface area contributed by atoms with Crippen molar-refractivity contribution in [3.8, 4) is 22.3 Å². The minimum Gasteiger partial charge on any atom is -0.0622 e. The first-order valence-corrected chi connectivity index (χ1v) is 8.84. The Kier molecular flexibility index (Phi) is 4.63. The predicted molar refractivity (Wildman–Crippen MR) is 100 cm³/mol. The molecular weight excluding hydrogens is 456 g/mol. The monoisotopic (exact) mass is 464 g/mol. The van der Waals surface area contributed by atoms with E-state index in [9.17, 15) is 0 Å². The van der Waals surface area contributed by atoms with Gasteiger partial charge in [-0.1, -0.05) is 96.3 Å². The van der Waals surface area contributed by atoms with Crippen LogP contribution in [0.25, 0.3) is 22.3 Å². The first-order valence-electron chi connectivity index (χ1n) is 6.47. The molecule has 0 unspecified atom stereocenters. The normalized spacial score (nSPS) is 10.6. The summed E-state index contributed by atoms with van der Waals surface area (Å²) < 4.78 is 3.22. The van der Waals surface area contributed by atoms with Gasteiger partial charge >= 0.3 is 0 Å². The van der Waals surface area contributed by atoms with Crippen molar-refractivity contribution in [2.75, 3.05) is 0 Å². The molecule has 3 rings (SSSR count). The minimum atomic E-state index is 1.07. The van der Waals surface area contributed by atoms with Gasteiger partial charge in [-0.25, -0.2) is 0 Å². The molecule has 0 aromatic heterocycles. The van der Waals surface area contributed by atoms with E-state index >= 15 is 0 Å². The lowest BCUT2D eigenvalue weighted by Gasteiger charge is -2.15. The first kappa shape index (κ1) is 15.0. The summed E-state index contributed by atoms with van der Waals surface area (Å²) in [5, 5.41) is 0. The summed E-state index contributed by atoms with van der Waals surface area (Å²) in [6.07, 6.45) is 0. The lowest BCUT2D eigenvalue weighted by molar-refractivity contribution is 1.51. The lowest BCUT2D eigenvalue weighted by Crippen LogP contribution is -1.89. The third-order valence-electron chi connectivity index (χ3n) is 3.31. The Labute approximate surface area is 149 Å². The third-order valence-corrected chi connectivity index (χ3v) is 5.29. The van der Waals surface area contributed by atoms with Crippen molar-refractivity contribution in [1.29, 1.82) is 0 Å². The Balaban J connectivity index is 2.33. The maximum Gasteiger partial charge on any atom is 0.0265 e. The van der Waals surface area contributed by atoms with Gasteiger partial charge in [-0.15, -0.1) is 0 Å². The molecule has 0 atom stereocenters. The number of benzene rings is 3. The van der Waals surface area contributed by atoms with Crippen LogP contribution in [0, 0.1) is 0 Å². The quantitative estimate of drug-likeness (QED) is 0.371. The van der Waals surface area contributed by atoms with Gasteiger partial charge in [0.1, 0.15) is 0 Å². The molecule has 0 N–H and O–H groups in total. The van der Waals surface area contributed by atoms with Crippen LogP contribution in [0.4, 0.5) is 0 Å². The van der Waals surface area contributed by atoms with Crippen molar-refractivity contribution in [2.45, 2.75) is 0 Å². The molecular formula is C18H11Br3. The summed E-state index contributed by atoms with van der Waals surface area (Å²) in [4.78, 5) is 0. The molecule has 0 fully saturated rings. The number of rotatable bonds is 2. The molecule has 3 aromatic carbocycles. The molecule has 0 spiro atoms. The molecule has 0 aliphatic carbocycles. The minimum absolute atomic E-state index is 1.07. The molecule has 3 aromatic rings. The van der Waals surface area contributed by atoms with Gasteiger partial charge in [-0.2, -0.15) is 0 Å². The van der Waals surface area contributed by atoms with Crippen LogP contribution in [0.3, 0.4) is 0 Å². The molecule has 0 aliphatic rings. The van der Waals surface area contributed by atoms with Crippen molar-refractivity contribution >= 4 is 47.8 Å². The molecule has 21 heavy (non-hydrogen) atoms. The smallest absolute Gasteiger partial charge is 0.0265 e. The van der Waals surface area contributed by atoms with Gasteiger partial charge in [0.05, 0.1) is 0 Å². The molecule has 0 saturated carbocycles. The first-order chi connectivity index (χ1) is 10.2. The SMILES string of the molecule is Brc1cccc(Br)c1-c1c(Br)cccc1-c1ccccc1. The molecule has 0 aliphatic heterocycles. The van der Waals surface area contributed by atoms with Gasteiger partial charge < -0.3 is 0 Å². The second kappa shape index (κ2) is 6.47. The van der Waals surface area contributed by atoms with Crippen LogP contribution in [0.1, 0.15) is 0 Å². The van der Waals surface area contributed by atoms with Crippen LogP contribution in [0.15, 0.2) is 80.1 Å². The average molecular weight is 467 g/mol. The second-order valence-electron chi connectivity index (χ2n) is 4.63. The van der Waals surface area contributed by atoms with Crippen LogP contribution < -0.4 is 0 Å². The van der Waals surface area contributed by atoms with Crippen LogP contribution in [0.5, 0.6) is 0 Å². The van der Waals surface area contributed by atoms with Crippen LogP contribution in [-0.4, -0.2) is 0 Å². The summed E-state index contributed by atoms with van der Waals surface area (Å²) in [6, 6.07) is 22.9. The Morgan fingerprint density at radius 3 is 1.62 bits per heavy atom. The molecule has 0 saturated heterocycles. The zero-order valence-corrected chi connectivity index (χ0v) is 15.7. The highest BCUT2D eigenvalue weighted by atomic mass is 79.9. The van der Waals surface area contributed by atoms with Gasteiger partial charge in [-0.05, 0) is 29.3 Å². The molecule has 0 nitrogen and oxygen atoms in total. The van der Waals surface area contributed by atoms with Gasteiger partial charge in [0, 0.05) is 24.5 Å². The van der Waals surface area contributed by atoms with E-state index in [1.165, 1.54) is 16.7 Å². The third kappa shape index (κ3) is 3.01. The van der Waals surface area contributed by atoms with E-state index in [0.717, 1.165) is 19.0 Å². The van der Waals surface area contributed by atoms with E-state index in [-0.39, 0.29) is 0 Å². The highest BCUT2D eigenvalue weighted by Gasteiger charge is 2.15. The fourth-order valence-electron chi connectivity index (χ4n) is 2.37. The van der Waals surface area contributed by atoms with Crippen molar-refractivity contribution in [2.24, 2.45) is 0 Å². The van der Waals surface area contributed by atoms with Gasteiger partial charge in [-0.3, -0.25) is 0 Å². The average Bonchev–Trinajstić information content (AvgIpc) is 2.49. The van der Waals surface area contributed by atoms with E-state index in [2.05, 4.69) is 102 Å². The summed E-state index contributed by atoms with van der Waals surface area (Å²) in [5.74, 6) is 0. The second-order valence-corrected chi connectivity index (χ2v) is 7.19. The summed E-state index contributed by atoms with van der Waals surface area (Å²) in [7, 11) is 0. The van der Waals surface area contributed by atoms with Gasteiger partial charge in [0.25, 0.3) is 0 Å². The number of hydrogen-bond acceptors (Lipinski definition) is 0. The Bertz CT molecular complexity index is 759. The Morgan fingerprint density at radius 2 is 1.00 bits per heavy atom.